The highest BCUT2D eigenvalue weighted by molar-refractivity contribution is 4.83. The highest BCUT2D eigenvalue weighted by Crippen LogP contribution is 2.19. The van der Waals surface area contributed by atoms with E-state index in [9.17, 15) is 5.11 Å². The number of nitrogens with one attached hydrogen (secondary N) is 1. The van der Waals surface area contributed by atoms with E-state index in [1.54, 1.807) is 0 Å². The molecule has 0 aliphatic heterocycles. The van der Waals surface area contributed by atoms with Crippen LogP contribution in [0.4, 0.5) is 0 Å². The number of hydrogen-bond donors (Lipinski definition) is 2. The third-order valence-electron chi connectivity index (χ3n) is 3.21. The molecule has 1 fully saturated rings. The van der Waals surface area contributed by atoms with E-state index >= 15 is 0 Å². The van der Waals surface area contributed by atoms with Gasteiger partial charge in [-0.15, -0.1) is 0 Å². The molecule has 2 nitrogen and oxygen atoms in total. The molecule has 3 atom stereocenters. The Morgan fingerprint density at radius 2 is 1.77 bits per heavy atom. The maximum Gasteiger partial charge on any atom is 0.0693 e. The lowest BCUT2D eigenvalue weighted by molar-refractivity contribution is 0.0826. The molecule has 13 heavy (non-hydrogen) atoms. The van der Waals surface area contributed by atoms with Crippen molar-refractivity contribution < 1.29 is 5.11 Å². The van der Waals surface area contributed by atoms with Crippen LogP contribution in [0.1, 0.15) is 46.5 Å². The molecule has 0 heterocycles. The molecule has 78 valence electrons. The normalized spacial score (nSPS) is 32.1. The third kappa shape index (κ3) is 3.28. The van der Waals surface area contributed by atoms with E-state index in [0.29, 0.717) is 18.0 Å². The Balaban J connectivity index is 2.33. The zero-order valence-electron chi connectivity index (χ0n) is 9.09. The van der Waals surface area contributed by atoms with Gasteiger partial charge in [-0.1, -0.05) is 26.7 Å². The monoisotopic (exact) mass is 185 g/mol. The minimum Gasteiger partial charge on any atom is -0.392 e. The van der Waals surface area contributed by atoms with E-state index in [-0.39, 0.29) is 6.10 Å². The topological polar surface area (TPSA) is 32.3 Å². The smallest absolute Gasteiger partial charge is 0.0693 e. The molecular formula is C11H23NO. The Morgan fingerprint density at radius 1 is 1.15 bits per heavy atom. The molecule has 0 radical (unpaired) electrons. The average molecular weight is 185 g/mol. The lowest BCUT2D eigenvalue weighted by Gasteiger charge is -2.32. The number of aliphatic hydroxyl groups is 1. The van der Waals surface area contributed by atoms with Gasteiger partial charge < -0.3 is 10.4 Å². The fraction of sp³-hybridized carbons (Fsp3) is 1.00. The van der Waals surface area contributed by atoms with Gasteiger partial charge in [-0.25, -0.2) is 0 Å². The zero-order chi connectivity index (χ0) is 9.84. The first-order chi connectivity index (χ1) is 6.11. The predicted octanol–water partition coefficient (Wildman–Crippen LogP) is 1.92. The van der Waals surface area contributed by atoms with Crippen LogP contribution in [-0.4, -0.2) is 23.3 Å². The van der Waals surface area contributed by atoms with Crippen LogP contribution in [0.25, 0.3) is 0 Å². The molecule has 1 aliphatic rings. The van der Waals surface area contributed by atoms with Crippen LogP contribution in [0.2, 0.25) is 0 Å². The van der Waals surface area contributed by atoms with Gasteiger partial charge in [-0.3, -0.25) is 0 Å². The van der Waals surface area contributed by atoms with Gasteiger partial charge in [0, 0.05) is 12.1 Å². The summed E-state index contributed by atoms with van der Waals surface area (Å²) in [6.07, 6.45) is 4.45. The summed E-state index contributed by atoms with van der Waals surface area (Å²) in [6, 6.07) is 0.851. The Morgan fingerprint density at radius 3 is 2.31 bits per heavy atom. The van der Waals surface area contributed by atoms with Gasteiger partial charge in [0.2, 0.25) is 0 Å². The summed E-state index contributed by atoms with van der Waals surface area (Å²) in [4.78, 5) is 0. The van der Waals surface area contributed by atoms with Crippen molar-refractivity contribution in [2.45, 2.75) is 64.6 Å². The summed E-state index contributed by atoms with van der Waals surface area (Å²) < 4.78 is 0. The zero-order valence-corrected chi connectivity index (χ0v) is 9.09. The first kappa shape index (κ1) is 11.0. The highest BCUT2D eigenvalue weighted by Gasteiger charge is 2.24. The molecule has 0 spiro atoms. The summed E-state index contributed by atoms with van der Waals surface area (Å²) in [5, 5.41) is 13.3. The SMILES string of the molecule is CC(C)C(C)N[C@H]1CCCC[C@@H]1O. The summed E-state index contributed by atoms with van der Waals surface area (Å²) in [5.74, 6) is 0.647. The molecule has 1 unspecified atom stereocenters. The standard InChI is InChI=1S/C11H23NO/c1-8(2)9(3)12-10-6-4-5-7-11(10)13/h8-13H,4-7H2,1-3H3/t9?,10-,11-/m0/s1. The molecule has 1 aliphatic carbocycles. The van der Waals surface area contributed by atoms with Crippen molar-refractivity contribution >= 4 is 0 Å². The molecule has 0 bridgehead atoms. The molecule has 0 amide bonds. The Kier molecular flexibility index (Phi) is 4.20. The first-order valence-corrected chi connectivity index (χ1v) is 5.55. The molecule has 0 aromatic rings. The number of hydrogen-bond acceptors (Lipinski definition) is 2. The van der Waals surface area contributed by atoms with Gasteiger partial charge >= 0.3 is 0 Å². The minimum absolute atomic E-state index is 0.116. The van der Waals surface area contributed by atoms with Crippen molar-refractivity contribution in [3.8, 4) is 0 Å². The third-order valence-corrected chi connectivity index (χ3v) is 3.21. The van der Waals surface area contributed by atoms with E-state index in [0.717, 1.165) is 12.8 Å². The minimum atomic E-state index is -0.116. The van der Waals surface area contributed by atoms with Gasteiger partial charge in [0.1, 0.15) is 0 Å². The molecule has 1 rings (SSSR count). The van der Waals surface area contributed by atoms with Crippen molar-refractivity contribution in [2.24, 2.45) is 5.92 Å². The number of rotatable bonds is 3. The summed E-state index contributed by atoms with van der Waals surface area (Å²) in [5.41, 5.74) is 0. The van der Waals surface area contributed by atoms with Gasteiger partial charge in [0.05, 0.1) is 6.10 Å². The van der Waals surface area contributed by atoms with Gasteiger partial charge in [-0.2, -0.15) is 0 Å². The van der Waals surface area contributed by atoms with E-state index in [4.69, 9.17) is 0 Å². The molecule has 0 saturated heterocycles. The molecule has 0 aromatic carbocycles. The summed E-state index contributed by atoms with van der Waals surface area (Å²) in [7, 11) is 0. The fourth-order valence-electron chi connectivity index (χ4n) is 1.84. The predicted molar refractivity (Wildman–Crippen MR) is 55.7 cm³/mol. The van der Waals surface area contributed by atoms with Crippen LogP contribution < -0.4 is 5.32 Å². The molecular weight excluding hydrogens is 162 g/mol. The first-order valence-electron chi connectivity index (χ1n) is 5.55. The van der Waals surface area contributed by atoms with Crippen LogP contribution in [0.15, 0.2) is 0 Å². The average Bonchev–Trinajstić information content (AvgIpc) is 2.08. The largest absolute Gasteiger partial charge is 0.392 e. The Hall–Kier alpha value is -0.0800. The van der Waals surface area contributed by atoms with Crippen molar-refractivity contribution in [1.82, 2.24) is 5.32 Å². The lowest BCUT2D eigenvalue weighted by Crippen LogP contribution is -2.47. The second-order valence-electron chi connectivity index (χ2n) is 4.66. The van der Waals surface area contributed by atoms with E-state index < -0.39 is 0 Å². The highest BCUT2D eigenvalue weighted by atomic mass is 16.3. The lowest BCUT2D eigenvalue weighted by atomic mass is 9.91. The quantitative estimate of drug-likeness (QED) is 0.704. The summed E-state index contributed by atoms with van der Waals surface area (Å²) >= 11 is 0. The van der Waals surface area contributed by atoms with Gasteiger partial charge in [-0.05, 0) is 25.7 Å². The van der Waals surface area contributed by atoms with Gasteiger partial charge in [0.15, 0.2) is 0 Å². The maximum atomic E-state index is 9.74. The second kappa shape index (κ2) is 4.97. The Labute approximate surface area is 81.7 Å². The second-order valence-corrected chi connectivity index (χ2v) is 4.66. The van der Waals surface area contributed by atoms with Crippen molar-refractivity contribution in [2.75, 3.05) is 0 Å². The van der Waals surface area contributed by atoms with Crippen LogP contribution >= 0.6 is 0 Å². The van der Waals surface area contributed by atoms with E-state index in [1.165, 1.54) is 12.8 Å². The van der Waals surface area contributed by atoms with Crippen molar-refractivity contribution in [3.05, 3.63) is 0 Å². The van der Waals surface area contributed by atoms with Crippen LogP contribution in [0, 0.1) is 5.92 Å². The van der Waals surface area contributed by atoms with Gasteiger partial charge in [0.25, 0.3) is 0 Å². The van der Waals surface area contributed by atoms with E-state index in [2.05, 4.69) is 26.1 Å². The van der Waals surface area contributed by atoms with Crippen LogP contribution in [0.3, 0.4) is 0 Å². The Bertz CT molecular complexity index is 147. The molecule has 2 heteroatoms. The van der Waals surface area contributed by atoms with Crippen molar-refractivity contribution in [1.29, 1.82) is 0 Å². The number of aliphatic hydroxyl groups excluding tert-OH is 1. The molecule has 1 saturated carbocycles. The van der Waals surface area contributed by atoms with Crippen molar-refractivity contribution in [3.63, 3.8) is 0 Å². The molecule has 0 aromatic heterocycles. The van der Waals surface area contributed by atoms with E-state index in [1.807, 2.05) is 0 Å². The summed E-state index contributed by atoms with van der Waals surface area (Å²) in [6.45, 7) is 6.63. The molecule has 2 N–H and O–H groups in total. The van der Waals surface area contributed by atoms with Crippen LogP contribution in [-0.2, 0) is 0 Å². The maximum absolute atomic E-state index is 9.74. The fourth-order valence-corrected chi connectivity index (χ4v) is 1.84. The van der Waals surface area contributed by atoms with Crippen LogP contribution in [0.5, 0.6) is 0 Å².